The molecule has 4 nitrogen and oxygen atoms in total. The minimum atomic E-state index is -0.920. The number of hydrogen-bond acceptors (Lipinski definition) is 3. The number of para-hydroxylation sites is 1. The molecule has 0 aliphatic carbocycles. The van der Waals surface area contributed by atoms with Crippen LogP contribution in [0.25, 0.3) is 0 Å². The summed E-state index contributed by atoms with van der Waals surface area (Å²) < 4.78 is 13.8. The van der Waals surface area contributed by atoms with Gasteiger partial charge in [-0.25, -0.2) is 9.18 Å². The van der Waals surface area contributed by atoms with Gasteiger partial charge in [0.2, 0.25) is 0 Å². The van der Waals surface area contributed by atoms with E-state index in [0.29, 0.717) is 5.69 Å². The number of nitrogens with zero attached hydrogens (tertiary/aromatic N) is 2. The Labute approximate surface area is 128 Å². The molecular formula is C17H17FN2O2. The predicted octanol–water partition coefficient (Wildman–Crippen LogP) is 2.85. The summed E-state index contributed by atoms with van der Waals surface area (Å²) in [6.07, 6.45) is 0. The van der Waals surface area contributed by atoms with Crippen molar-refractivity contribution in [3.8, 4) is 0 Å². The fourth-order valence-electron chi connectivity index (χ4n) is 2.73. The van der Waals surface area contributed by atoms with Gasteiger partial charge in [0.25, 0.3) is 0 Å². The Hall–Kier alpha value is -2.56. The molecule has 0 saturated carbocycles. The zero-order valence-corrected chi connectivity index (χ0v) is 12.1. The minimum Gasteiger partial charge on any atom is -0.478 e. The van der Waals surface area contributed by atoms with Gasteiger partial charge in [-0.3, -0.25) is 0 Å². The maximum absolute atomic E-state index is 13.8. The fraction of sp³-hybridized carbons (Fsp3) is 0.235. The van der Waals surface area contributed by atoms with E-state index in [2.05, 4.69) is 4.90 Å². The summed E-state index contributed by atoms with van der Waals surface area (Å²) in [5, 5.41) is 8.92. The molecule has 1 heterocycles. The summed E-state index contributed by atoms with van der Waals surface area (Å²) in [5.74, 6) is -1.11. The average molecular weight is 300 g/mol. The molecule has 5 heteroatoms. The molecule has 0 unspecified atom stereocenters. The van der Waals surface area contributed by atoms with E-state index in [4.69, 9.17) is 5.11 Å². The SMILES string of the molecule is O=C(O)c1ccc(N2CCN(c3ccccc3F)CC2)cc1. The molecule has 2 aromatic rings. The molecule has 1 aliphatic rings. The lowest BCUT2D eigenvalue weighted by molar-refractivity contribution is 0.0697. The third kappa shape index (κ3) is 2.88. The Kier molecular flexibility index (Phi) is 3.96. The molecule has 3 rings (SSSR count). The molecule has 1 aliphatic heterocycles. The van der Waals surface area contributed by atoms with Crippen LogP contribution in [0.2, 0.25) is 0 Å². The Bertz CT molecular complexity index is 665. The largest absolute Gasteiger partial charge is 0.478 e. The Morgan fingerprint density at radius 2 is 1.50 bits per heavy atom. The van der Waals surface area contributed by atoms with E-state index in [1.807, 2.05) is 23.1 Å². The lowest BCUT2D eigenvalue weighted by Gasteiger charge is -2.37. The fourth-order valence-corrected chi connectivity index (χ4v) is 2.73. The Balaban J connectivity index is 1.66. The van der Waals surface area contributed by atoms with Crippen LogP contribution in [0.5, 0.6) is 0 Å². The smallest absolute Gasteiger partial charge is 0.335 e. The van der Waals surface area contributed by atoms with Crippen LogP contribution in [0, 0.1) is 5.82 Å². The monoisotopic (exact) mass is 300 g/mol. The van der Waals surface area contributed by atoms with Crippen LogP contribution in [-0.4, -0.2) is 37.3 Å². The summed E-state index contributed by atoms with van der Waals surface area (Å²) in [7, 11) is 0. The second-order valence-electron chi connectivity index (χ2n) is 5.28. The zero-order valence-electron chi connectivity index (χ0n) is 12.1. The van der Waals surface area contributed by atoms with Gasteiger partial charge in [-0.15, -0.1) is 0 Å². The van der Waals surface area contributed by atoms with Crippen molar-refractivity contribution < 1.29 is 14.3 Å². The van der Waals surface area contributed by atoms with E-state index in [1.165, 1.54) is 6.07 Å². The zero-order chi connectivity index (χ0) is 15.5. The third-order valence-corrected chi connectivity index (χ3v) is 3.95. The number of halogens is 1. The highest BCUT2D eigenvalue weighted by Gasteiger charge is 2.19. The van der Waals surface area contributed by atoms with E-state index >= 15 is 0 Å². The van der Waals surface area contributed by atoms with Gasteiger partial charge in [0.1, 0.15) is 5.82 Å². The first kappa shape index (κ1) is 14.4. The molecule has 0 amide bonds. The van der Waals surface area contributed by atoms with E-state index in [-0.39, 0.29) is 11.4 Å². The molecule has 22 heavy (non-hydrogen) atoms. The number of aromatic carboxylic acids is 1. The summed E-state index contributed by atoms with van der Waals surface area (Å²) in [6, 6.07) is 13.7. The molecule has 0 atom stereocenters. The highest BCUT2D eigenvalue weighted by Crippen LogP contribution is 2.23. The molecule has 0 aromatic heterocycles. The van der Waals surface area contributed by atoms with Crippen LogP contribution in [-0.2, 0) is 0 Å². The molecular weight excluding hydrogens is 283 g/mol. The quantitative estimate of drug-likeness (QED) is 0.946. The standard InChI is InChI=1S/C17H17FN2O2/c18-15-3-1-2-4-16(15)20-11-9-19(10-12-20)14-7-5-13(6-8-14)17(21)22/h1-8H,9-12H2,(H,21,22). The number of anilines is 2. The third-order valence-electron chi connectivity index (χ3n) is 3.95. The number of hydrogen-bond donors (Lipinski definition) is 1. The molecule has 0 spiro atoms. The highest BCUT2D eigenvalue weighted by atomic mass is 19.1. The molecule has 1 N–H and O–H groups in total. The molecule has 0 bridgehead atoms. The van der Waals surface area contributed by atoms with Crippen LogP contribution in [0.3, 0.4) is 0 Å². The topological polar surface area (TPSA) is 43.8 Å². The predicted molar refractivity (Wildman–Crippen MR) is 84.2 cm³/mol. The Morgan fingerprint density at radius 3 is 2.09 bits per heavy atom. The van der Waals surface area contributed by atoms with Crippen LogP contribution in [0.1, 0.15) is 10.4 Å². The molecule has 114 valence electrons. The average Bonchev–Trinajstić information content (AvgIpc) is 2.56. The normalized spacial score (nSPS) is 15.0. The summed E-state index contributed by atoms with van der Waals surface area (Å²) >= 11 is 0. The first-order valence-electron chi connectivity index (χ1n) is 7.23. The lowest BCUT2D eigenvalue weighted by Crippen LogP contribution is -2.46. The van der Waals surface area contributed by atoms with Crippen molar-refractivity contribution in [2.75, 3.05) is 36.0 Å². The van der Waals surface area contributed by atoms with Crippen LogP contribution >= 0.6 is 0 Å². The van der Waals surface area contributed by atoms with Gasteiger partial charge in [0, 0.05) is 31.9 Å². The van der Waals surface area contributed by atoms with Crippen LogP contribution in [0.15, 0.2) is 48.5 Å². The van der Waals surface area contributed by atoms with E-state index in [9.17, 15) is 9.18 Å². The maximum atomic E-state index is 13.8. The van der Waals surface area contributed by atoms with Gasteiger partial charge in [-0.05, 0) is 36.4 Å². The van der Waals surface area contributed by atoms with Crippen molar-refractivity contribution in [2.24, 2.45) is 0 Å². The van der Waals surface area contributed by atoms with Crippen molar-refractivity contribution in [2.45, 2.75) is 0 Å². The van der Waals surface area contributed by atoms with Crippen molar-refractivity contribution in [1.82, 2.24) is 0 Å². The van der Waals surface area contributed by atoms with Gasteiger partial charge in [0.05, 0.1) is 11.3 Å². The number of rotatable bonds is 3. The van der Waals surface area contributed by atoms with E-state index < -0.39 is 5.97 Å². The first-order valence-corrected chi connectivity index (χ1v) is 7.23. The first-order chi connectivity index (χ1) is 10.6. The van der Waals surface area contributed by atoms with Crippen LogP contribution in [0.4, 0.5) is 15.8 Å². The number of carbonyl (C=O) groups is 1. The van der Waals surface area contributed by atoms with Gasteiger partial charge >= 0.3 is 5.97 Å². The van der Waals surface area contributed by atoms with Crippen molar-refractivity contribution in [1.29, 1.82) is 0 Å². The Morgan fingerprint density at radius 1 is 0.909 bits per heavy atom. The summed E-state index contributed by atoms with van der Waals surface area (Å²) in [4.78, 5) is 15.1. The van der Waals surface area contributed by atoms with Gasteiger partial charge < -0.3 is 14.9 Å². The molecule has 1 saturated heterocycles. The number of benzene rings is 2. The maximum Gasteiger partial charge on any atom is 0.335 e. The molecule has 0 radical (unpaired) electrons. The van der Waals surface area contributed by atoms with Crippen molar-refractivity contribution >= 4 is 17.3 Å². The number of carboxylic acids is 1. The summed E-state index contributed by atoms with van der Waals surface area (Å²) in [5.41, 5.74) is 1.93. The summed E-state index contributed by atoms with van der Waals surface area (Å²) in [6.45, 7) is 3.03. The lowest BCUT2D eigenvalue weighted by atomic mass is 10.1. The second-order valence-corrected chi connectivity index (χ2v) is 5.28. The highest BCUT2D eigenvalue weighted by molar-refractivity contribution is 5.88. The van der Waals surface area contributed by atoms with E-state index in [1.54, 1.807) is 24.3 Å². The molecule has 1 fully saturated rings. The van der Waals surface area contributed by atoms with Gasteiger partial charge in [0.15, 0.2) is 0 Å². The van der Waals surface area contributed by atoms with Gasteiger partial charge in [-0.2, -0.15) is 0 Å². The molecule has 2 aromatic carbocycles. The number of carboxylic acid groups (broad SMARTS) is 1. The number of piperazine rings is 1. The minimum absolute atomic E-state index is 0.193. The van der Waals surface area contributed by atoms with Gasteiger partial charge in [-0.1, -0.05) is 12.1 Å². The van der Waals surface area contributed by atoms with Crippen molar-refractivity contribution in [3.63, 3.8) is 0 Å². The van der Waals surface area contributed by atoms with E-state index in [0.717, 1.165) is 31.9 Å². The van der Waals surface area contributed by atoms with Crippen LogP contribution < -0.4 is 9.80 Å². The van der Waals surface area contributed by atoms with Crippen molar-refractivity contribution in [3.05, 3.63) is 59.9 Å². The second kappa shape index (κ2) is 6.05.